The Kier molecular flexibility index (Phi) is 4.03. The van der Waals surface area contributed by atoms with Gasteiger partial charge in [-0.05, 0) is 35.8 Å². The van der Waals surface area contributed by atoms with Crippen molar-refractivity contribution in [3.63, 3.8) is 0 Å². The first-order valence-corrected chi connectivity index (χ1v) is 7.03. The predicted molar refractivity (Wildman–Crippen MR) is 79.0 cm³/mol. The molecule has 0 aliphatic rings. The van der Waals surface area contributed by atoms with E-state index in [-0.39, 0.29) is 11.3 Å². The van der Waals surface area contributed by atoms with Crippen molar-refractivity contribution in [2.45, 2.75) is 13.0 Å². The van der Waals surface area contributed by atoms with E-state index in [1.165, 1.54) is 0 Å². The number of hydrogen-bond donors (Lipinski definition) is 1. The van der Waals surface area contributed by atoms with Gasteiger partial charge in [0, 0.05) is 0 Å². The molecule has 0 aliphatic heterocycles. The summed E-state index contributed by atoms with van der Waals surface area (Å²) in [7, 11) is 0. The lowest BCUT2D eigenvalue weighted by atomic mass is 10.1. The smallest absolute Gasteiger partial charge is 0.283 e. The van der Waals surface area contributed by atoms with Gasteiger partial charge in [-0.3, -0.25) is 0 Å². The van der Waals surface area contributed by atoms with E-state index in [1.807, 2.05) is 37.3 Å². The van der Waals surface area contributed by atoms with Crippen molar-refractivity contribution in [2.24, 2.45) is 0 Å². The summed E-state index contributed by atoms with van der Waals surface area (Å²) in [5.74, 6) is 1.27. The van der Waals surface area contributed by atoms with E-state index in [9.17, 15) is 0 Å². The molecular formula is C15H14ClN3O2. The second-order valence-corrected chi connectivity index (χ2v) is 4.82. The van der Waals surface area contributed by atoms with Crippen molar-refractivity contribution >= 4 is 11.6 Å². The van der Waals surface area contributed by atoms with Gasteiger partial charge in [-0.2, -0.15) is 0 Å². The molecule has 6 heteroatoms. The zero-order valence-electron chi connectivity index (χ0n) is 11.4. The molecule has 3 aromatic rings. The summed E-state index contributed by atoms with van der Waals surface area (Å²) < 4.78 is 11.0. The van der Waals surface area contributed by atoms with Crippen LogP contribution in [-0.2, 0) is 0 Å². The summed E-state index contributed by atoms with van der Waals surface area (Å²) in [5, 5.41) is 11.8. The topological polar surface area (TPSA) is 64.1 Å². The standard InChI is InChI=1S/C15H14ClN3O2/c1-2-17-13(10-6-4-3-5-7-10)15-19-18-14(21-15)11-8-9-12(16)20-11/h3-9,13,17H,2H2,1H3. The van der Waals surface area contributed by atoms with Gasteiger partial charge in [-0.25, -0.2) is 0 Å². The highest BCUT2D eigenvalue weighted by Gasteiger charge is 2.21. The Labute approximate surface area is 126 Å². The van der Waals surface area contributed by atoms with Gasteiger partial charge in [0.05, 0.1) is 0 Å². The molecule has 2 aromatic heterocycles. The molecule has 5 nitrogen and oxygen atoms in total. The lowest BCUT2D eigenvalue weighted by Gasteiger charge is -2.13. The van der Waals surface area contributed by atoms with Gasteiger partial charge in [0.25, 0.3) is 5.89 Å². The molecule has 0 aliphatic carbocycles. The number of aromatic nitrogens is 2. The molecule has 1 unspecified atom stereocenters. The summed E-state index contributed by atoms with van der Waals surface area (Å²) >= 11 is 5.76. The third-order valence-corrected chi connectivity index (χ3v) is 3.22. The Bertz CT molecular complexity index is 709. The summed E-state index contributed by atoms with van der Waals surface area (Å²) in [5.41, 5.74) is 1.06. The van der Waals surface area contributed by atoms with E-state index in [0.29, 0.717) is 17.5 Å². The van der Waals surface area contributed by atoms with Crippen LogP contribution in [0.3, 0.4) is 0 Å². The lowest BCUT2D eigenvalue weighted by Crippen LogP contribution is -2.22. The Balaban J connectivity index is 1.92. The second kappa shape index (κ2) is 6.11. The molecule has 0 spiro atoms. The van der Waals surface area contributed by atoms with Crippen molar-refractivity contribution in [3.05, 3.63) is 59.1 Å². The molecule has 1 N–H and O–H groups in total. The van der Waals surface area contributed by atoms with E-state index < -0.39 is 0 Å². The van der Waals surface area contributed by atoms with Crippen LogP contribution in [0.1, 0.15) is 24.4 Å². The Morgan fingerprint density at radius 3 is 2.57 bits per heavy atom. The highest BCUT2D eigenvalue weighted by atomic mass is 35.5. The van der Waals surface area contributed by atoms with Crippen molar-refractivity contribution in [1.29, 1.82) is 0 Å². The quantitative estimate of drug-likeness (QED) is 0.779. The molecule has 21 heavy (non-hydrogen) atoms. The van der Waals surface area contributed by atoms with Gasteiger partial charge in [-0.15, -0.1) is 10.2 Å². The first-order valence-electron chi connectivity index (χ1n) is 6.65. The van der Waals surface area contributed by atoms with Crippen LogP contribution in [0.5, 0.6) is 0 Å². The number of benzene rings is 1. The number of rotatable bonds is 5. The average molecular weight is 304 g/mol. The first kappa shape index (κ1) is 13.9. The molecule has 108 valence electrons. The number of hydrogen-bond acceptors (Lipinski definition) is 5. The number of nitrogens with zero attached hydrogens (tertiary/aromatic N) is 2. The van der Waals surface area contributed by atoms with Gasteiger partial charge in [0.2, 0.25) is 5.89 Å². The Hall–Kier alpha value is -2.11. The van der Waals surface area contributed by atoms with Crippen LogP contribution in [0.2, 0.25) is 5.22 Å². The van der Waals surface area contributed by atoms with E-state index in [0.717, 1.165) is 12.1 Å². The Morgan fingerprint density at radius 1 is 1.10 bits per heavy atom. The minimum atomic E-state index is -0.150. The minimum Gasteiger partial charge on any atom is -0.440 e. The van der Waals surface area contributed by atoms with Gasteiger partial charge >= 0.3 is 0 Å². The van der Waals surface area contributed by atoms with E-state index in [4.69, 9.17) is 20.4 Å². The fourth-order valence-corrected chi connectivity index (χ4v) is 2.22. The number of halogens is 1. The molecule has 0 saturated carbocycles. The van der Waals surface area contributed by atoms with Crippen LogP contribution in [0.15, 0.2) is 51.3 Å². The normalized spacial score (nSPS) is 12.5. The molecule has 0 fully saturated rings. The monoisotopic (exact) mass is 303 g/mol. The zero-order chi connectivity index (χ0) is 14.7. The molecular weight excluding hydrogens is 290 g/mol. The fraction of sp³-hybridized carbons (Fsp3) is 0.200. The van der Waals surface area contributed by atoms with Crippen molar-refractivity contribution < 1.29 is 8.83 Å². The summed E-state index contributed by atoms with van der Waals surface area (Å²) in [6.07, 6.45) is 0. The maximum Gasteiger partial charge on any atom is 0.283 e. The molecule has 3 rings (SSSR count). The maximum atomic E-state index is 5.76. The highest BCUT2D eigenvalue weighted by Crippen LogP contribution is 2.27. The third-order valence-electron chi connectivity index (χ3n) is 3.01. The molecule has 0 saturated heterocycles. The van der Waals surface area contributed by atoms with E-state index in [1.54, 1.807) is 12.1 Å². The maximum absolute atomic E-state index is 5.76. The van der Waals surface area contributed by atoms with Crippen LogP contribution in [0.4, 0.5) is 0 Å². The number of furan rings is 1. The zero-order valence-corrected chi connectivity index (χ0v) is 12.2. The Morgan fingerprint density at radius 2 is 1.90 bits per heavy atom. The molecule has 0 bridgehead atoms. The van der Waals surface area contributed by atoms with Gasteiger partial charge in [0.1, 0.15) is 6.04 Å². The van der Waals surface area contributed by atoms with Crippen LogP contribution < -0.4 is 5.32 Å². The summed E-state index contributed by atoms with van der Waals surface area (Å²) in [6, 6.07) is 13.1. The largest absolute Gasteiger partial charge is 0.440 e. The minimum absolute atomic E-state index is 0.150. The van der Waals surface area contributed by atoms with Crippen molar-refractivity contribution in [3.8, 4) is 11.7 Å². The van der Waals surface area contributed by atoms with Crippen LogP contribution >= 0.6 is 11.6 Å². The number of nitrogens with one attached hydrogen (secondary N) is 1. The molecule has 2 heterocycles. The molecule has 1 aromatic carbocycles. The van der Waals surface area contributed by atoms with Gasteiger partial charge < -0.3 is 14.2 Å². The highest BCUT2D eigenvalue weighted by molar-refractivity contribution is 6.28. The van der Waals surface area contributed by atoms with Crippen LogP contribution in [-0.4, -0.2) is 16.7 Å². The third kappa shape index (κ3) is 2.99. The SMILES string of the molecule is CCNC(c1ccccc1)c1nnc(-c2ccc(Cl)o2)o1. The summed E-state index contributed by atoms with van der Waals surface area (Å²) in [6.45, 7) is 2.81. The van der Waals surface area contributed by atoms with Gasteiger partial charge in [-0.1, -0.05) is 37.3 Å². The molecule has 1 atom stereocenters. The molecule has 0 radical (unpaired) electrons. The van der Waals surface area contributed by atoms with E-state index in [2.05, 4.69) is 15.5 Å². The second-order valence-electron chi connectivity index (χ2n) is 4.45. The van der Waals surface area contributed by atoms with E-state index >= 15 is 0 Å². The predicted octanol–water partition coefficient (Wildman–Crippen LogP) is 3.68. The fourth-order valence-electron chi connectivity index (χ4n) is 2.08. The summed E-state index contributed by atoms with van der Waals surface area (Å²) in [4.78, 5) is 0. The first-order chi connectivity index (χ1) is 10.3. The van der Waals surface area contributed by atoms with Crippen molar-refractivity contribution in [1.82, 2.24) is 15.5 Å². The average Bonchev–Trinajstić information content (AvgIpc) is 3.14. The lowest BCUT2D eigenvalue weighted by molar-refractivity contribution is 0.434. The van der Waals surface area contributed by atoms with Crippen molar-refractivity contribution in [2.75, 3.05) is 6.54 Å². The molecule has 0 amide bonds. The van der Waals surface area contributed by atoms with Gasteiger partial charge in [0.15, 0.2) is 11.0 Å². The van der Waals surface area contributed by atoms with Crippen LogP contribution in [0.25, 0.3) is 11.7 Å². The van der Waals surface area contributed by atoms with Crippen LogP contribution in [0, 0.1) is 0 Å².